The van der Waals surface area contributed by atoms with E-state index in [1.807, 2.05) is 27.7 Å². The van der Waals surface area contributed by atoms with E-state index >= 15 is 0 Å². The van der Waals surface area contributed by atoms with E-state index in [1.54, 1.807) is 38.5 Å². The summed E-state index contributed by atoms with van der Waals surface area (Å²) in [5.41, 5.74) is 2.39. The smallest absolute Gasteiger partial charge is 0.341 e. The minimum Gasteiger partial charge on any atom is -0.496 e. The Kier molecular flexibility index (Phi) is 10.5. The van der Waals surface area contributed by atoms with Gasteiger partial charge in [-0.15, -0.1) is 0 Å². The van der Waals surface area contributed by atoms with Gasteiger partial charge in [0.25, 0.3) is 0 Å². The maximum absolute atomic E-state index is 11.6. The van der Waals surface area contributed by atoms with E-state index in [2.05, 4.69) is 0 Å². The molecule has 0 radical (unpaired) electrons. The third-order valence-electron chi connectivity index (χ3n) is 4.98. The Labute approximate surface area is 195 Å². The van der Waals surface area contributed by atoms with Crippen molar-refractivity contribution in [1.29, 1.82) is 0 Å². The van der Waals surface area contributed by atoms with Gasteiger partial charge in [-0.1, -0.05) is 27.7 Å². The van der Waals surface area contributed by atoms with Crippen molar-refractivity contribution in [3.8, 4) is 23.0 Å². The quantitative estimate of drug-likeness (QED) is 0.538. The van der Waals surface area contributed by atoms with Crippen molar-refractivity contribution in [1.82, 2.24) is 0 Å². The largest absolute Gasteiger partial charge is 0.496 e. The van der Waals surface area contributed by atoms with Crippen LogP contribution in [0.5, 0.6) is 23.0 Å². The van der Waals surface area contributed by atoms with E-state index in [0.717, 1.165) is 11.1 Å². The molecule has 0 aromatic heterocycles. The van der Waals surface area contributed by atoms with Crippen molar-refractivity contribution in [2.24, 2.45) is 0 Å². The predicted molar refractivity (Wildman–Crippen MR) is 126 cm³/mol. The van der Waals surface area contributed by atoms with Crippen LogP contribution in [0.1, 0.15) is 71.4 Å². The van der Waals surface area contributed by atoms with Crippen LogP contribution >= 0.6 is 0 Å². The zero-order valence-electron chi connectivity index (χ0n) is 20.8. The molecule has 0 saturated heterocycles. The molecule has 8 heteroatoms. The molecule has 0 unspecified atom stereocenters. The summed E-state index contributed by atoms with van der Waals surface area (Å²) >= 11 is 0. The van der Waals surface area contributed by atoms with E-state index in [0.29, 0.717) is 28.6 Å². The number of esters is 1. The van der Waals surface area contributed by atoms with Crippen molar-refractivity contribution >= 4 is 11.9 Å². The highest BCUT2D eigenvalue weighted by Crippen LogP contribution is 2.34. The monoisotopic (exact) mass is 462 g/mol. The molecule has 0 amide bonds. The molecule has 0 bridgehead atoms. The molecule has 0 aliphatic rings. The summed E-state index contributed by atoms with van der Waals surface area (Å²) in [5, 5.41) is 9.05. The molecule has 1 N–H and O–H groups in total. The lowest BCUT2D eigenvalue weighted by Crippen LogP contribution is -2.06. The number of carboxylic acids is 1. The lowest BCUT2D eigenvalue weighted by atomic mass is 9.99. The van der Waals surface area contributed by atoms with Crippen LogP contribution in [0.3, 0.4) is 0 Å². The number of rotatable bonds is 8. The van der Waals surface area contributed by atoms with E-state index in [4.69, 9.17) is 28.8 Å². The first kappa shape index (κ1) is 27.6. The van der Waals surface area contributed by atoms with Gasteiger partial charge in [0, 0.05) is 12.1 Å². The van der Waals surface area contributed by atoms with Gasteiger partial charge in [0.2, 0.25) is 0 Å². The summed E-state index contributed by atoms with van der Waals surface area (Å²) in [6.45, 7) is 8.03. The SMILES string of the molecule is COC(=O)c1cc(C(C)C)c(OC)cc1OC.COc1cc(OC)c(C(C)C)cc1C(=O)O. The number of carboxylic acid groups (broad SMARTS) is 1. The van der Waals surface area contributed by atoms with Crippen molar-refractivity contribution in [3.63, 3.8) is 0 Å². The topological polar surface area (TPSA) is 101 Å². The summed E-state index contributed by atoms with van der Waals surface area (Å²) in [7, 11) is 7.45. The number of ether oxygens (including phenoxy) is 5. The van der Waals surface area contributed by atoms with Crippen LogP contribution in [-0.2, 0) is 4.74 Å². The molecule has 0 atom stereocenters. The lowest BCUT2D eigenvalue weighted by Gasteiger charge is -2.15. The van der Waals surface area contributed by atoms with Gasteiger partial charge in [-0.2, -0.15) is 0 Å². The summed E-state index contributed by atoms with van der Waals surface area (Å²) in [6, 6.07) is 6.68. The van der Waals surface area contributed by atoms with Crippen LogP contribution < -0.4 is 18.9 Å². The number of carbonyl (C=O) groups is 2. The van der Waals surface area contributed by atoms with Crippen molar-refractivity contribution in [2.75, 3.05) is 35.5 Å². The first-order valence-corrected chi connectivity index (χ1v) is 10.4. The minimum atomic E-state index is -0.999. The highest BCUT2D eigenvalue weighted by Gasteiger charge is 2.19. The molecule has 2 aromatic carbocycles. The molecule has 182 valence electrons. The Balaban J connectivity index is 0.000000331. The van der Waals surface area contributed by atoms with Gasteiger partial charge in [-0.25, -0.2) is 9.59 Å². The third kappa shape index (κ3) is 6.78. The molecular formula is C25H34O8. The summed E-state index contributed by atoms with van der Waals surface area (Å²) in [6.07, 6.45) is 0. The van der Waals surface area contributed by atoms with Gasteiger partial charge >= 0.3 is 11.9 Å². The third-order valence-corrected chi connectivity index (χ3v) is 4.98. The van der Waals surface area contributed by atoms with Crippen LogP contribution in [0, 0.1) is 0 Å². The average Bonchev–Trinajstić information content (AvgIpc) is 2.81. The number of carbonyl (C=O) groups excluding carboxylic acids is 1. The predicted octanol–water partition coefficient (Wildman–Crippen LogP) is 5.14. The fraction of sp³-hybridized carbons (Fsp3) is 0.440. The normalized spacial score (nSPS) is 10.3. The van der Waals surface area contributed by atoms with Crippen LogP contribution in [0.25, 0.3) is 0 Å². The maximum atomic E-state index is 11.6. The zero-order chi connectivity index (χ0) is 25.3. The van der Waals surface area contributed by atoms with Crippen LogP contribution in [-0.4, -0.2) is 52.6 Å². The summed E-state index contributed by atoms with van der Waals surface area (Å²) in [5.74, 6) is 1.17. The second-order valence-electron chi connectivity index (χ2n) is 7.70. The first-order chi connectivity index (χ1) is 15.6. The van der Waals surface area contributed by atoms with Gasteiger partial charge in [0.1, 0.15) is 34.1 Å². The molecular weight excluding hydrogens is 428 g/mol. The molecule has 0 saturated carbocycles. The van der Waals surface area contributed by atoms with Crippen LogP contribution in [0.4, 0.5) is 0 Å². The fourth-order valence-electron chi connectivity index (χ4n) is 3.19. The van der Waals surface area contributed by atoms with Crippen LogP contribution in [0.15, 0.2) is 24.3 Å². The molecule has 33 heavy (non-hydrogen) atoms. The van der Waals surface area contributed by atoms with E-state index in [1.165, 1.54) is 21.3 Å². The second-order valence-corrected chi connectivity index (χ2v) is 7.70. The van der Waals surface area contributed by atoms with Gasteiger partial charge in [0.15, 0.2) is 0 Å². The van der Waals surface area contributed by atoms with E-state index in [-0.39, 0.29) is 17.4 Å². The van der Waals surface area contributed by atoms with Crippen molar-refractivity contribution in [3.05, 3.63) is 46.5 Å². The standard InChI is InChI=1S/C13H18O4.C12H16O4/c1-8(2)9-6-10(13(14)17-5)12(16-4)7-11(9)15-3;1-7(2)8-5-9(12(13)14)11(16-4)6-10(8)15-3/h6-8H,1-5H3;5-7H,1-4H3,(H,13,14). The summed E-state index contributed by atoms with van der Waals surface area (Å²) < 4.78 is 25.4. The average molecular weight is 463 g/mol. The van der Waals surface area contributed by atoms with Crippen LogP contribution in [0.2, 0.25) is 0 Å². The molecule has 2 aromatic rings. The molecule has 0 aliphatic carbocycles. The highest BCUT2D eigenvalue weighted by atomic mass is 16.5. The Morgan fingerprint density at radius 3 is 1.30 bits per heavy atom. The minimum absolute atomic E-state index is 0.159. The molecule has 2 rings (SSSR count). The number of hydrogen-bond donors (Lipinski definition) is 1. The lowest BCUT2D eigenvalue weighted by molar-refractivity contribution is 0.0596. The number of methoxy groups -OCH3 is 5. The molecule has 0 fully saturated rings. The number of hydrogen-bond acceptors (Lipinski definition) is 7. The van der Waals surface area contributed by atoms with Gasteiger partial charge < -0.3 is 28.8 Å². The number of aromatic carboxylic acids is 1. The fourth-order valence-corrected chi connectivity index (χ4v) is 3.19. The highest BCUT2D eigenvalue weighted by molar-refractivity contribution is 5.93. The maximum Gasteiger partial charge on any atom is 0.341 e. The Morgan fingerprint density at radius 2 is 1.00 bits per heavy atom. The summed E-state index contributed by atoms with van der Waals surface area (Å²) in [4.78, 5) is 22.7. The van der Waals surface area contributed by atoms with E-state index < -0.39 is 11.9 Å². The Bertz CT molecular complexity index is 963. The van der Waals surface area contributed by atoms with Crippen molar-refractivity contribution < 1.29 is 38.4 Å². The molecule has 0 heterocycles. The first-order valence-electron chi connectivity index (χ1n) is 10.4. The molecule has 0 aliphatic heterocycles. The molecule has 0 spiro atoms. The zero-order valence-corrected chi connectivity index (χ0v) is 20.8. The van der Waals surface area contributed by atoms with Gasteiger partial charge in [-0.05, 0) is 35.1 Å². The Morgan fingerprint density at radius 1 is 0.636 bits per heavy atom. The van der Waals surface area contributed by atoms with Crippen molar-refractivity contribution in [2.45, 2.75) is 39.5 Å². The Hall–Kier alpha value is -3.42. The van der Waals surface area contributed by atoms with Gasteiger partial charge in [0.05, 0.1) is 35.5 Å². The van der Waals surface area contributed by atoms with Gasteiger partial charge in [-0.3, -0.25) is 0 Å². The van der Waals surface area contributed by atoms with E-state index in [9.17, 15) is 9.59 Å². The second kappa shape index (κ2) is 12.6. The number of benzene rings is 2. The molecule has 8 nitrogen and oxygen atoms in total.